The highest BCUT2D eigenvalue weighted by Gasteiger charge is 2.30. The minimum absolute atomic E-state index is 0.0230. The van der Waals surface area contributed by atoms with Crippen molar-refractivity contribution in [3.63, 3.8) is 0 Å². The summed E-state index contributed by atoms with van der Waals surface area (Å²) < 4.78 is 18.2. The summed E-state index contributed by atoms with van der Waals surface area (Å²) in [6.07, 6.45) is 4.28. The lowest BCUT2D eigenvalue weighted by atomic mass is 9.95. The number of amides is 2. The number of nitrogens with one attached hydrogen (secondary N) is 2. The lowest BCUT2D eigenvalue weighted by Gasteiger charge is -2.37. The van der Waals surface area contributed by atoms with E-state index in [1.807, 2.05) is 31.2 Å². The molecule has 2 aliphatic rings. The number of ether oxygens (including phenoxy) is 1. The first-order valence-electron chi connectivity index (χ1n) is 10.4. The van der Waals surface area contributed by atoms with E-state index in [2.05, 4.69) is 29.4 Å². The van der Waals surface area contributed by atoms with Crippen LogP contribution in [0.2, 0.25) is 0 Å². The first-order chi connectivity index (χ1) is 13.5. The molecule has 0 bridgehead atoms. The third-order valence-corrected chi connectivity index (χ3v) is 7.36. The average Bonchev–Trinajstić information content (AvgIpc) is 2.67. The Balaban J connectivity index is 1.68. The van der Waals surface area contributed by atoms with Crippen LogP contribution in [0.4, 0.5) is 16.2 Å². The molecule has 0 unspecified atom stereocenters. The fourth-order valence-corrected chi connectivity index (χ4v) is 5.78. The van der Waals surface area contributed by atoms with Crippen LogP contribution in [-0.4, -0.2) is 52.6 Å². The first kappa shape index (κ1) is 21.1. The van der Waals surface area contributed by atoms with Gasteiger partial charge in [-0.15, -0.1) is 0 Å². The van der Waals surface area contributed by atoms with Crippen molar-refractivity contribution in [2.45, 2.75) is 70.0 Å². The molecule has 28 heavy (non-hydrogen) atoms. The van der Waals surface area contributed by atoms with Gasteiger partial charge in [0.05, 0.1) is 28.8 Å². The van der Waals surface area contributed by atoms with E-state index in [0.29, 0.717) is 5.75 Å². The van der Waals surface area contributed by atoms with Crippen molar-refractivity contribution in [1.29, 1.82) is 0 Å². The van der Waals surface area contributed by atoms with Crippen molar-refractivity contribution in [3.8, 4) is 0 Å². The van der Waals surface area contributed by atoms with Crippen molar-refractivity contribution in [2.75, 3.05) is 29.1 Å². The van der Waals surface area contributed by atoms with Crippen molar-refractivity contribution >= 4 is 28.2 Å². The van der Waals surface area contributed by atoms with E-state index in [-0.39, 0.29) is 29.5 Å². The van der Waals surface area contributed by atoms with Gasteiger partial charge >= 0.3 is 6.03 Å². The highest BCUT2D eigenvalue weighted by atomic mass is 32.2. The molecule has 7 heteroatoms. The molecule has 1 heterocycles. The minimum Gasteiger partial charge on any atom is -0.372 e. The van der Waals surface area contributed by atoms with Gasteiger partial charge in [-0.1, -0.05) is 31.9 Å². The fraction of sp³-hybridized carbons (Fsp3) is 0.667. The predicted octanol–water partition coefficient (Wildman–Crippen LogP) is 3.50. The molecule has 1 aliphatic heterocycles. The van der Waals surface area contributed by atoms with Crippen molar-refractivity contribution in [1.82, 2.24) is 5.32 Å². The number of nitrogens with zero attached hydrogens (tertiary/aromatic N) is 1. The summed E-state index contributed by atoms with van der Waals surface area (Å²) in [4.78, 5) is 15.0. The Morgan fingerprint density at radius 3 is 2.57 bits per heavy atom. The lowest BCUT2D eigenvalue weighted by molar-refractivity contribution is -0.00517. The topological polar surface area (TPSA) is 70.7 Å². The highest BCUT2D eigenvalue weighted by Crippen LogP contribution is 2.29. The maximum Gasteiger partial charge on any atom is 0.319 e. The van der Waals surface area contributed by atoms with Gasteiger partial charge in [-0.05, 0) is 38.8 Å². The van der Waals surface area contributed by atoms with Gasteiger partial charge in [-0.3, -0.25) is 4.21 Å². The SMILES string of the molecule is CC[S@@](=O)[C@@H]1CCCC[C@@H]1NC(=O)Nc1ccccc1N1C[C@@H](C)O[C@@H](C)C1. The molecule has 1 aromatic carbocycles. The molecule has 1 aliphatic carbocycles. The van der Waals surface area contributed by atoms with Crippen molar-refractivity contribution in [3.05, 3.63) is 24.3 Å². The van der Waals surface area contributed by atoms with E-state index < -0.39 is 10.8 Å². The van der Waals surface area contributed by atoms with Gasteiger partial charge in [0.1, 0.15) is 0 Å². The van der Waals surface area contributed by atoms with E-state index in [1.54, 1.807) is 0 Å². The molecule has 0 radical (unpaired) electrons. The molecular weight excluding hydrogens is 374 g/mol. The second kappa shape index (κ2) is 9.74. The second-order valence-corrected chi connectivity index (χ2v) is 9.82. The van der Waals surface area contributed by atoms with Gasteiger partial charge in [0.2, 0.25) is 0 Å². The molecule has 2 N–H and O–H groups in total. The first-order valence-corrected chi connectivity index (χ1v) is 11.8. The van der Waals surface area contributed by atoms with Gasteiger partial charge in [-0.25, -0.2) is 4.79 Å². The molecular formula is C21H33N3O3S. The molecule has 0 aromatic heterocycles. The molecule has 2 amide bonds. The van der Waals surface area contributed by atoms with Crippen molar-refractivity contribution < 1.29 is 13.7 Å². The van der Waals surface area contributed by atoms with Crippen LogP contribution in [-0.2, 0) is 15.5 Å². The summed E-state index contributed by atoms with van der Waals surface area (Å²) in [5, 5.41) is 6.18. The molecule has 1 saturated heterocycles. The molecule has 0 spiro atoms. The fourth-order valence-electron chi connectivity index (χ4n) is 4.35. The van der Waals surface area contributed by atoms with Crippen LogP contribution in [0.25, 0.3) is 0 Å². The standard InChI is InChI=1S/C21H33N3O3S/c1-4-28(26)20-12-8-6-10-18(20)23-21(25)22-17-9-5-7-11-19(17)24-13-15(2)27-16(3)14-24/h5,7,9,11,15-16,18,20H,4,6,8,10,12-14H2,1-3H3,(H2,22,23,25)/t15-,16+,18-,20+,28+/m0/s1. The number of urea groups is 1. The quantitative estimate of drug-likeness (QED) is 0.784. The Morgan fingerprint density at radius 1 is 1.18 bits per heavy atom. The van der Waals surface area contributed by atoms with Gasteiger partial charge in [0.15, 0.2) is 0 Å². The summed E-state index contributed by atoms with van der Waals surface area (Å²) in [7, 11) is -0.887. The van der Waals surface area contributed by atoms with Gasteiger partial charge in [-0.2, -0.15) is 0 Å². The number of hydrogen-bond donors (Lipinski definition) is 2. The van der Waals surface area contributed by atoms with Gasteiger partial charge in [0.25, 0.3) is 0 Å². The number of morpholine rings is 1. The Kier molecular flexibility index (Phi) is 7.35. The summed E-state index contributed by atoms with van der Waals surface area (Å²) in [5.41, 5.74) is 1.81. The smallest absolute Gasteiger partial charge is 0.319 e. The molecule has 6 nitrogen and oxygen atoms in total. The number of carbonyl (C=O) groups is 1. The van der Waals surface area contributed by atoms with Gasteiger partial charge in [0, 0.05) is 35.7 Å². The number of carbonyl (C=O) groups excluding carboxylic acids is 1. The van der Waals surface area contributed by atoms with Crippen LogP contribution in [0.15, 0.2) is 24.3 Å². The van der Waals surface area contributed by atoms with E-state index in [0.717, 1.165) is 50.1 Å². The van der Waals surface area contributed by atoms with E-state index in [4.69, 9.17) is 4.74 Å². The summed E-state index contributed by atoms with van der Waals surface area (Å²) in [6, 6.07) is 7.65. The number of hydrogen-bond acceptors (Lipinski definition) is 4. The lowest BCUT2D eigenvalue weighted by Crippen LogP contribution is -2.49. The van der Waals surface area contributed by atoms with Crippen LogP contribution in [0.3, 0.4) is 0 Å². The van der Waals surface area contributed by atoms with Gasteiger partial charge < -0.3 is 20.3 Å². The Labute approximate surface area is 170 Å². The number of anilines is 2. The normalized spacial score (nSPS) is 29.2. The number of para-hydroxylation sites is 2. The van der Waals surface area contributed by atoms with Crippen molar-refractivity contribution in [2.24, 2.45) is 0 Å². The minimum atomic E-state index is -0.887. The molecule has 1 saturated carbocycles. The molecule has 2 fully saturated rings. The maximum absolute atomic E-state index is 12.7. The Morgan fingerprint density at radius 2 is 1.86 bits per heavy atom. The monoisotopic (exact) mass is 407 g/mol. The maximum atomic E-state index is 12.7. The van der Waals surface area contributed by atoms with E-state index in [9.17, 15) is 9.00 Å². The van der Waals surface area contributed by atoms with Crippen LogP contribution in [0.5, 0.6) is 0 Å². The highest BCUT2D eigenvalue weighted by molar-refractivity contribution is 7.85. The summed E-state index contributed by atoms with van der Waals surface area (Å²) >= 11 is 0. The Hall–Kier alpha value is -1.60. The van der Waals surface area contributed by atoms with Crippen LogP contribution < -0.4 is 15.5 Å². The second-order valence-electron chi connectivity index (χ2n) is 7.88. The summed E-state index contributed by atoms with van der Waals surface area (Å²) in [5.74, 6) is 0.640. The molecule has 5 atom stereocenters. The number of rotatable bonds is 5. The average molecular weight is 408 g/mol. The third-order valence-electron chi connectivity index (χ3n) is 5.55. The zero-order valence-electron chi connectivity index (χ0n) is 17.1. The largest absolute Gasteiger partial charge is 0.372 e. The molecule has 1 aromatic rings. The predicted molar refractivity (Wildman–Crippen MR) is 116 cm³/mol. The number of benzene rings is 1. The van der Waals surface area contributed by atoms with E-state index in [1.165, 1.54) is 0 Å². The van der Waals surface area contributed by atoms with Crippen LogP contribution in [0, 0.1) is 0 Å². The Bertz CT molecular complexity index is 689. The zero-order chi connectivity index (χ0) is 20.1. The molecule has 3 rings (SSSR count). The van der Waals surface area contributed by atoms with E-state index >= 15 is 0 Å². The zero-order valence-corrected chi connectivity index (χ0v) is 18.0. The third kappa shape index (κ3) is 5.26. The molecule has 156 valence electrons. The van der Waals surface area contributed by atoms with Crippen LogP contribution in [0.1, 0.15) is 46.5 Å². The summed E-state index contributed by atoms with van der Waals surface area (Å²) in [6.45, 7) is 7.68. The van der Waals surface area contributed by atoms with Crippen LogP contribution >= 0.6 is 0 Å².